The molecule has 0 heterocycles. The molecule has 2 fully saturated rings. The van der Waals surface area contributed by atoms with Crippen molar-refractivity contribution in [2.45, 2.75) is 81.9 Å². The Morgan fingerprint density at radius 1 is 1.12 bits per heavy atom. The summed E-state index contributed by atoms with van der Waals surface area (Å²) >= 11 is 0. The number of hydrogen-bond donors (Lipinski definition) is 5. The van der Waals surface area contributed by atoms with Gasteiger partial charge in [-0.1, -0.05) is 13.0 Å². The first kappa shape index (κ1) is 23.3. The van der Waals surface area contributed by atoms with Crippen LogP contribution in [0.1, 0.15) is 56.1 Å². The van der Waals surface area contributed by atoms with E-state index < -0.39 is 30.4 Å². The predicted molar refractivity (Wildman–Crippen MR) is 113 cm³/mol. The number of esters is 1. The van der Waals surface area contributed by atoms with Gasteiger partial charge in [-0.2, -0.15) is 0 Å². The van der Waals surface area contributed by atoms with E-state index in [0.29, 0.717) is 17.8 Å². The van der Waals surface area contributed by atoms with E-state index in [4.69, 9.17) is 4.74 Å². The molecule has 0 saturated heterocycles. The molecule has 9 atom stereocenters. The zero-order valence-corrected chi connectivity index (χ0v) is 18.1. The highest BCUT2D eigenvalue weighted by Crippen LogP contribution is 2.60. The average Bonchev–Trinajstić information content (AvgIpc) is 3.11. The van der Waals surface area contributed by atoms with E-state index >= 15 is 0 Å². The average molecular weight is 449 g/mol. The topological polar surface area (TPSA) is 145 Å². The number of carbonyl (C=O) groups excluding carboxylic acids is 2. The van der Waals surface area contributed by atoms with Gasteiger partial charge in [-0.25, -0.2) is 4.79 Å². The summed E-state index contributed by atoms with van der Waals surface area (Å²) in [6.07, 6.45) is -2.55. The van der Waals surface area contributed by atoms with Crippen LogP contribution in [0.15, 0.2) is 18.2 Å². The minimum absolute atomic E-state index is 0.00278. The number of hydrogen-bond acceptors (Lipinski definition) is 8. The summed E-state index contributed by atoms with van der Waals surface area (Å²) in [6, 6.07) is 5.39. The maximum Gasteiger partial charge on any atom is 0.343 e. The molecule has 3 aliphatic rings. The molecule has 8 heteroatoms. The number of rotatable bonds is 6. The standard InChI is InChI=1S/C24H32O8/c1-24-9-8-15-14-5-3-13(32-23(31)22(30)21(29)20(28)18(26)11-25)10-12(14)2-4-16(15)17(24)6-7-19(24)27/h3,5,10-11,15-22,26-30H,2,4,6-9H2,1H3/t15-,16-,17+,18+,19?,20-,21+,22+,24+/m1/s1. The molecule has 8 nitrogen and oxygen atoms in total. The summed E-state index contributed by atoms with van der Waals surface area (Å²) in [7, 11) is 0. The highest BCUT2D eigenvalue weighted by Gasteiger charge is 2.54. The van der Waals surface area contributed by atoms with Crippen LogP contribution in [0.25, 0.3) is 0 Å². The summed E-state index contributed by atoms with van der Waals surface area (Å²) in [5.41, 5.74) is 2.34. The van der Waals surface area contributed by atoms with Crippen molar-refractivity contribution in [2.24, 2.45) is 17.3 Å². The molecule has 0 aliphatic heterocycles. The fourth-order valence-electron chi connectivity index (χ4n) is 6.38. The lowest BCUT2D eigenvalue weighted by Crippen LogP contribution is -2.49. The van der Waals surface area contributed by atoms with Gasteiger partial charge in [0.05, 0.1) is 6.10 Å². The Balaban J connectivity index is 1.46. The van der Waals surface area contributed by atoms with Crippen molar-refractivity contribution in [1.82, 2.24) is 0 Å². The molecule has 1 aromatic carbocycles. The minimum atomic E-state index is -2.12. The number of aliphatic hydroxyl groups is 5. The third kappa shape index (κ3) is 3.88. The predicted octanol–water partition coefficient (Wildman–Crippen LogP) is 0.451. The molecule has 32 heavy (non-hydrogen) atoms. The van der Waals surface area contributed by atoms with E-state index in [0.717, 1.165) is 44.1 Å². The van der Waals surface area contributed by atoms with E-state index in [1.807, 2.05) is 6.07 Å². The molecule has 2 saturated carbocycles. The molecule has 4 rings (SSSR count). The molecule has 0 amide bonds. The Kier molecular flexibility index (Phi) is 6.44. The summed E-state index contributed by atoms with van der Waals surface area (Å²) in [5.74, 6) is 0.512. The Morgan fingerprint density at radius 2 is 1.88 bits per heavy atom. The van der Waals surface area contributed by atoms with Crippen LogP contribution in [0.4, 0.5) is 0 Å². The van der Waals surface area contributed by atoms with E-state index in [1.54, 1.807) is 12.1 Å². The van der Waals surface area contributed by atoms with Crippen LogP contribution in [0.2, 0.25) is 0 Å². The van der Waals surface area contributed by atoms with E-state index in [1.165, 1.54) is 5.56 Å². The van der Waals surface area contributed by atoms with Gasteiger partial charge in [0, 0.05) is 0 Å². The van der Waals surface area contributed by atoms with Crippen molar-refractivity contribution in [3.8, 4) is 5.75 Å². The zero-order valence-electron chi connectivity index (χ0n) is 18.1. The molecule has 5 N–H and O–H groups in total. The van der Waals surface area contributed by atoms with Crippen LogP contribution >= 0.6 is 0 Å². The summed E-state index contributed by atoms with van der Waals surface area (Å²) in [4.78, 5) is 22.8. The second kappa shape index (κ2) is 8.83. The molecule has 0 bridgehead atoms. The smallest absolute Gasteiger partial charge is 0.343 e. The van der Waals surface area contributed by atoms with Crippen molar-refractivity contribution >= 4 is 12.3 Å². The van der Waals surface area contributed by atoms with Gasteiger partial charge in [0.15, 0.2) is 12.4 Å². The lowest BCUT2D eigenvalue weighted by Gasteiger charge is -2.50. The number of aldehydes is 1. The largest absolute Gasteiger partial charge is 0.425 e. The van der Waals surface area contributed by atoms with Gasteiger partial charge in [-0.05, 0) is 85.0 Å². The number of ether oxygens (including phenoxy) is 1. The van der Waals surface area contributed by atoms with Crippen molar-refractivity contribution in [1.29, 1.82) is 0 Å². The lowest BCUT2D eigenvalue weighted by atomic mass is 9.55. The van der Waals surface area contributed by atoms with Crippen molar-refractivity contribution in [3.05, 3.63) is 29.3 Å². The van der Waals surface area contributed by atoms with E-state index in [2.05, 4.69) is 6.92 Å². The second-order valence-corrected chi connectivity index (χ2v) is 9.89. The SMILES string of the molecule is C[C@]12CC[C@@H]3c4ccc(OC(=O)[C@@H](O)[C@@H](O)[C@H](O)[C@@H](O)C=O)cc4CC[C@H]3[C@@H]1CCC2O. The maximum atomic E-state index is 12.2. The minimum Gasteiger partial charge on any atom is -0.425 e. The first-order chi connectivity index (χ1) is 15.2. The van der Waals surface area contributed by atoms with Crippen LogP contribution < -0.4 is 4.74 Å². The Hall–Kier alpha value is -1.84. The quantitative estimate of drug-likeness (QED) is 0.240. The van der Waals surface area contributed by atoms with Crippen LogP contribution in [-0.4, -0.2) is 68.3 Å². The molecule has 0 aromatic heterocycles. The molecule has 0 radical (unpaired) electrons. The fraction of sp³-hybridized carbons (Fsp3) is 0.667. The van der Waals surface area contributed by atoms with Crippen molar-refractivity contribution < 1.29 is 39.9 Å². The molecular formula is C24H32O8. The normalized spacial score (nSPS) is 34.9. The van der Waals surface area contributed by atoms with Crippen LogP contribution in [0, 0.1) is 17.3 Å². The highest BCUT2D eigenvalue weighted by atomic mass is 16.6. The van der Waals surface area contributed by atoms with E-state index in [9.17, 15) is 35.1 Å². The lowest BCUT2D eigenvalue weighted by molar-refractivity contribution is -0.161. The summed E-state index contributed by atoms with van der Waals surface area (Å²) < 4.78 is 5.20. The summed E-state index contributed by atoms with van der Waals surface area (Å²) in [5, 5.41) is 49.2. The van der Waals surface area contributed by atoms with Gasteiger partial charge < -0.3 is 35.1 Å². The molecule has 1 unspecified atom stereocenters. The fourth-order valence-corrected chi connectivity index (χ4v) is 6.38. The number of aliphatic hydroxyl groups excluding tert-OH is 5. The number of carbonyl (C=O) groups is 2. The van der Waals surface area contributed by atoms with Gasteiger partial charge in [0.2, 0.25) is 0 Å². The molecule has 1 aromatic rings. The van der Waals surface area contributed by atoms with Gasteiger partial charge in [0.1, 0.15) is 24.1 Å². The third-order valence-electron chi connectivity index (χ3n) is 8.27. The molecule has 3 aliphatic carbocycles. The Morgan fingerprint density at radius 3 is 2.59 bits per heavy atom. The maximum absolute atomic E-state index is 12.2. The highest BCUT2D eigenvalue weighted by molar-refractivity contribution is 5.78. The molecule has 0 spiro atoms. The third-order valence-corrected chi connectivity index (χ3v) is 8.27. The van der Waals surface area contributed by atoms with Gasteiger partial charge >= 0.3 is 5.97 Å². The molecule has 176 valence electrons. The Bertz CT molecular complexity index is 872. The number of fused-ring (bicyclic) bond motifs is 5. The van der Waals surface area contributed by atoms with Crippen molar-refractivity contribution in [2.75, 3.05) is 0 Å². The summed E-state index contributed by atoms with van der Waals surface area (Å²) in [6.45, 7) is 2.23. The zero-order chi connectivity index (χ0) is 23.2. The first-order valence-electron chi connectivity index (χ1n) is 11.4. The van der Waals surface area contributed by atoms with Crippen LogP contribution in [0.5, 0.6) is 5.75 Å². The van der Waals surface area contributed by atoms with Gasteiger partial charge in [-0.15, -0.1) is 0 Å². The van der Waals surface area contributed by atoms with E-state index in [-0.39, 0.29) is 23.6 Å². The van der Waals surface area contributed by atoms with Gasteiger partial charge in [-0.3, -0.25) is 0 Å². The first-order valence-corrected chi connectivity index (χ1v) is 11.4. The second-order valence-electron chi connectivity index (χ2n) is 9.89. The number of aryl methyl sites for hydroxylation is 1. The number of benzene rings is 1. The van der Waals surface area contributed by atoms with Crippen LogP contribution in [0.3, 0.4) is 0 Å². The molecular weight excluding hydrogens is 416 g/mol. The Labute approximate surface area is 186 Å². The van der Waals surface area contributed by atoms with Crippen molar-refractivity contribution in [3.63, 3.8) is 0 Å². The van der Waals surface area contributed by atoms with Crippen LogP contribution in [-0.2, 0) is 16.0 Å². The monoisotopic (exact) mass is 448 g/mol. The van der Waals surface area contributed by atoms with Gasteiger partial charge in [0.25, 0.3) is 0 Å².